The molecular weight excluding hydrogens is 330 g/mol. The van der Waals surface area contributed by atoms with E-state index < -0.39 is 5.41 Å². The maximum absolute atomic E-state index is 12.6. The van der Waals surface area contributed by atoms with Crippen molar-refractivity contribution in [3.8, 4) is 0 Å². The summed E-state index contributed by atoms with van der Waals surface area (Å²) in [4.78, 5) is 49.3. The predicted molar refractivity (Wildman–Crippen MR) is 89.3 cm³/mol. The molecular formula is C16H23N3O4S. The highest BCUT2D eigenvalue weighted by atomic mass is 32.2. The molecule has 7 nitrogen and oxygen atoms in total. The van der Waals surface area contributed by atoms with Gasteiger partial charge in [-0.2, -0.15) is 0 Å². The summed E-state index contributed by atoms with van der Waals surface area (Å²) in [6.45, 7) is 0.353. The molecule has 2 N–H and O–H groups in total. The number of nitrogens with one attached hydrogen (secondary N) is 2. The third-order valence-corrected chi connectivity index (χ3v) is 6.09. The molecule has 24 heavy (non-hydrogen) atoms. The second-order valence-electron chi connectivity index (χ2n) is 6.75. The van der Waals surface area contributed by atoms with Crippen LogP contribution in [0.1, 0.15) is 44.9 Å². The van der Waals surface area contributed by atoms with Gasteiger partial charge in [0.05, 0.1) is 5.75 Å². The minimum atomic E-state index is -0.962. The summed E-state index contributed by atoms with van der Waals surface area (Å²) in [5, 5.41) is 5.50. The second-order valence-corrected chi connectivity index (χ2v) is 7.67. The van der Waals surface area contributed by atoms with E-state index in [0.29, 0.717) is 12.8 Å². The molecule has 0 spiro atoms. The molecule has 3 aliphatic rings. The van der Waals surface area contributed by atoms with Crippen LogP contribution >= 0.6 is 11.8 Å². The Balaban J connectivity index is 1.51. The van der Waals surface area contributed by atoms with Gasteiger partial charge >= 0.3 is 0 Å². The molecule has 2 aliphatic carbocycles. The molecule has 0 bridgehead atoms. The Labute approximate surface area is 145 Å². The monoisotopic (exact) mass is 353 g/mol. The van der Waals surface area contributed by atoms with Crippen molar-refractivity contribution in [3.05, 3.63) is 0 Å². The number of hydrogen-bond donors (Lipinski definition) is 2. The summed E-state index contributed by atoms with van der Waals surface area (Å²) in [6, 6.07) is 0.194. The van der Waals surface area contributed by atoms with Gasteiger partial charge in [0.2, 0.25) is 17.7 Å². The third kappa shape index (κ3) is 3.29. The van der Waals surface area contributed by atoms with Crippen LogP contribution in [0.25, 0.3) is 0 Å². The zero-order chi connectivity index (χ0) is 17.2. The SMILES string of the molecule is O=C1CSC(=O)N1CCNC(=O)C1(C(=O)NC2CCCC2)CCC1. The predicted octanol–water partition coefficient (Wildman–Crippen LogP) is 1.03. The molecule has 0 radical (unpaired) electrons. The number of carbonyl (C=O) groups is 4. The van der Waals surface area contributed by atoms with Gasteiger partial charge in [-0.3, -0.25) is 24.1 Å². The first kappa shape index (κ1) is 17.3. The topological polar surface area (TPSA) is 95.6 Å². The van der Waals surface area contributed by atoms with Gasteiger partial charge in [-0.05, 0) is 25.7 Å². The van der Waals surface area contributed by atoms with Crippen molar-refractivity contribution < 1.29 is 19.2 Å². The molecule has 0 aromatic heterocycles. The number of carbonyl (C=O) groups excluding carboxylic acids is 4. The number of thioether (sulfide) groups is 1. The van der Waals surface area contributed by atoms with E-state index in [9.17, 15) is 19.2 Å². The van der Waals surface area contributed by atoms with Gasteiger partial charge in [-0.1, -0.05) is 31.0 Å². The molecule has 4 amide bonds. The van der Waals surface area contributed by atoms with Crippen molar-refractivity contribution in [3.63, 3.8) is 0 Å². The molecule has 2 saturated carbocycles. The highest BCUT2D eigenvalue weighted by molar-refractivity contribution is 8.14. The summed E-state index contributed by atoms with van der Waals surface area (Å²) >= 11 is 0.977. The molecule has 1 aliphatic heterocycles. The average Bonchev–Trinajstić information content (AvgIpc) is 3.10. The minimum absolute atomic E-state index is 0.163. The van der Waals surface area contributed by atoms with Crippen LogP contribution in [0.15, 0.2) is 0 Å². The fourth-order valence-corrected chi connectivity index (χ4v) is 4.28. The van der Waals surface area contributed by atoms with Gasteiger partial charge in [0, 0.05) is 19.1 Å². The smallest absolute Gasteiger partial charge is 0.288 e. The Bertz CT molecular complexity index is 540. The van der Waals surface area contributed by atoms with E-state index in [0.717, 1.165) is 48.8 Å². The first-order valence-electron chi connectivity index (χ1n) is 8.59. The van der Waals surface area contributed by atoms with Crippen molar-refractivity contribution >= 4 is 34.7 Å². The molecule has 1 saturated heterocycles. The lowest BCUT2D eigenvalue weighted by Gasteiger charge is -2.39. The Morgan fingerprint density at radius 1 is 1.12 bits per heavy atom. The van der Waals surface area contributed by atoms with Gasteiger partial charge in [-0.25, -0.2) is 0 Å². The van der Waals surface area contributed by atoms with Crippen LogP contribution in [0.2, 0.25) is 0 Å². The van der Waals surface area contributed by atoms with Crippen LogP contribution in [0.3, 0.4) is 0 Å². The molecule has 132 valence electrons. The maximum Gasteiger partial charge on any atom is 0.288 e. The summed E-state index contributed by atoms with van der Waals surface area (Å²) in [5.41, 5.74) is -0.962. The largest absolute Gasteiger partial charge is 0.353 e. The lowest BCUT2D eigenvalue weighted by atomic mass is 9.67. The molecule has 8 heteroatoms. The van der Waals surface area contributed by atoms with E-state index in [4.69, 9.17) is 0 Å². The molecule has 1 heterocycles. The highest BCUT2D eigenvalue weighted by Gasteiger charge is 2.51. The number of hydrogen-bond acceptors (Lipinski definition) is 5. The standard InChI is InChI=1S/C16H23N3O4S/c20-12-10-24-15(23)19(12)9-8-17-13(21)16(6-3-7-16)14(22)18-11-4-1-2-5-11/h11H,1-10H2,(H,17,21)(H,18,22). The summed E-state index contributed by atoms with van der Waals surface area (Å²) < 4.78 is 0. The van der Waals surface area contributed by atoms with E-state index >= 15 is 0 Å². The molecule has 0 unspecified atom stereocenters. The Morgan fingerprint density at radius 2 is 1.83 bits per heavy atom. The minimum Gasteiger partial charge on any atom is -0.353 e. The fraction of sp³-hybridized carbons (Fsp3) is 0.750. The number of rotatable bonds is 6. The third-order valence-electron chi connectivity index (χ3n) is 5.23. The molecule has 3 fully saturated rings. The van der Waals surface area contributed by atoms with Gasteiger partial charge in [-0.15, -0.1) is 0 Å². The van der Waals surface area contributed by atoms with Crippen molar-refractivity contribution in [1.29, 1.82) is 0 Å². The molecule has 3 rings (SSSR count). The van der Waals surface area contributed by atoms with Crippen LogP contribution < -0.4 is 10.6 Å². The number of imide groups is 1. The van der Waals surface area contributed by atoms with Crippen LogP contribution in [0.5, 0.6) is 0 Å². The van der Waals surface area contributed by atoms with Crippen molar-refractivity contribution in [2.45, 2.75) is 51.0 Å². The normalized spacial score (nSPS) is 23.2. The van der Waals surface area contributed by atoms with Crippen molar-refractivity contribution in [2.24, 2.45) is 5.41 Å². The quantitative estimate of drug-likeness (QED) is 0.695. The average molecular weight is 353 g/mol. The molecule has 0 aromatic carbocycles. The number of amides is 4. The van der Waals surface area contributed by atoms with E-state index in [1.165, 1.54) is 0 Å². The second kappa shape index (κ2) is 7.13. The van der Waals surface area contributed by atoms with Crippen LogP contribution in [0, 0.1) is 5.41 Å². The van der Waals surface area contributed by atoms with Gasteiger partial charge in [0.15, 0.2) is 0 Å². The molecule has 0 aromatic rings. The lowest BCUT2D eigenvalue weighted by Crippen LogP contribution is -2.57. The summed E-state index contributed by atoms with van der Waals surface area (Å²) in [6.07, 6.45) is 6.22. The zero-order valence-electron chi connectivity index (χ0n) is 13.6. The van der Waals surface area contributed by atoms with Gasteiger partial charge in [0.25, 0.3) is 5.24 Å². The van der Waals surface area contributed by atoms with Crippen molar-refractivity contribution in [1.82, 2.24) is 15.5 Å². The van der Waals surface area contributed by atoms with E-state index in [2.05, 4.69) is 10.6 Å². The van der Waals surface area contributed by atoms with Crippen LogP contribution in [-0.2, 0) is 14.4 Å². The molecule has 0 atom stereocenters. The highest BCUT2D eigenvalue weighted by Crippen LogP contribution is 2.41. The van der Waals surface area contributed by atoms with Gasteiger partial charge in [0.1, 0.15) is 5.41 Å². The van der Waals surface area contributed by atoms with E-state index in [1.54, 1.807) is 0 Å². The first-order valence-corrected chi connectivity index (χ1v) is 9.58. The number of nitrogens with zero attached hydrogens (tertiary/aromatic N) is 1. The van der Waals surface area contributed by atoms with E-state index in [1.807, 2.05) is 0 Å². The summed E-state index contributed by atoms with van der Waals surface area (Å²) in [5.74, 6) is -0.504. The van der Waals surface area contributed by atoms with Crippen LogP contribution in [-0.4, -0.2) is 52.7 Å². The van der Waals surface area contributed by atoms with Crippen LogP contribution in [0.4, 0.5) is 4.79 Å². The first-order chi connectivity index (χ1) is 11.5. The maximum atomic E-state index is 12.6. The Kier molecular flexibility index (Phi) is 5.12. The Hall–Kier alpha value is -1.57. The lowest BCUT2D eigenvalue weighted by molar-refractivity contribution is -0.150. The van der Waals surface area contributed by atoms with Gasteiger partial charge < -0.3 is 10.6 Å². The van der Waals surface area contributed by atoms with E-state index in [-0.39, 0.29) is 47.8 Å². The Morgan fingerprint density at radius 3 is 2.38 bits per heavy atom. The van der Waals surface area contributed by atoms with Crippen molar-refractivity contribution in [2.75, 3.05) is 18.8 Å². The fourth-order valence-electron chi connectivity index (χ4n) is 3.53. The summed E-state index contributed by atoms with van der Waals surface area (Å²) in [7, 11) is 0. The zero-order valence-corrected chi connectivity index (χ0v) is 14.5.